The normalized spacial score (nSPS) is 9.88. The molecule has 0 aliphatic heterocycles. The highest BCUT2D eigenvalue weighted by Gasteiger charge is 2.23. The molecule has 50 valence electrons. The van der Waals surface area contributed by atoms with Gasteiger partial charge in [-0.05, 0) is 0 Å². The van der Waals surface area contributed by atoms with Crippen LogP contribution in [0.5, 0.6) is 0 Å². The van der Waals surface area contributed by atoms with Crippen molar-refractivity contribution in [3.63, 3.8) is 0 Å². The number of hydrogen-bond donors (Lipinski definition) is 0. The van der Waals surface area contributed by atoms with Crippen LogP contribution in [0.15, 0.2) is 12.7 Å². The second kappa shape index (κ2) is 3.83. The molecular weight excluding hydrogens is 137 g/mol. The number of allylic oxidation sites excluding steroid dienone is 1. The predicted molar refractivity (Wildman–Crippen MR) is 31.2 cm³/mol. The van der Waals surface area contributed by atoms with Crippen LogP contribution in [0.3, 0.4) is 0 Å². The van der Waals surface area contributed by atoms with E-state index in [0.717, 1.165) is 6.08 Å². The minimum atomic E-state index is -4.07. The fraction of sp³-hybridized carbons (Fsp3) is 0.500. The Kier molecular flexibility index (Phi) is 5.17. The van der Waals surface area contributed by atoms with E-state index in [1.165, 1.54) is 0 Å². The van der Waals surface area contributed by atoms with Gasteiger partial charge in [0.25, 0.3) is 0 Å². The maximum absolute atomic E-state index is 11.0. The Morgan fingerprint density at radius 3 is 1.75 bits per heavy atom. The third kappa shape index (κ3) is 9.30. The lowest BCUT2D eigenvalue weighted by Crippen LogP contribution is -2.03. The first kappa shape index (κ1) is 10.8. The lowest BCUT2D eigenvalue weighted by atomic mass is 10.4. The van der Waals surface area contributed by atoms with Gasteiger partial charge in [0, 0.05) is 0 Å². The van der Waals surface area contributed by atoms with Gasteiger partial charge in [0.15, 0.2) is 0 Å². The predicted octanol–water partition coefficient (Wildman–Crippen LogP) is 2.24. The number of alkyl halides is 3. The summed E-state index contributed by atoms with van der Waals surface area (Å²) in [6, 6.07) is 0. The molecule has 8 heavy (non-hydrogen) atoms. The quantitative estimate of drug-likeness (QED) is 0.495. The summed E-state index contributed by atoms with van der Waals surface area (Å²) >= 11 is 0. The van der Waals surface area contributed by atoms with Crippen molar-refractivity contribution in [3.8, 4) is 0 Å². The van der Waals surface area contributed by atoms with Crippen molar-refractivity contribution in [2.45, 2.75) is 12.6 Å². The maximum atomic E-state index is 11.0. The summed E-state index contributed by atoms with van der Waals surface area (Å²) in [4.78, 5) is 0. The van der Waals surface area contributed by atoms with Gasteiger partial charge in [-0.2, -0.15) is 26.7 Å². The molecule has 0 bridgehead atoms. The van der Waals surface area contributed by atoms with E-state index in [4.69, 9.17) is 0 Å². The molecule has 0 aliphatic carbocycles. The molecule has 0 spiro atoms. The van der Waals surface area contributed by atoms with Crippen LogP contribution < -0.4 is 0 Å². The molecule has 0 aromatic heterocycles. The van der Waals surface area contributed by atoms with Crippen LogP contribution in [0.2, 0.25) is 0 Å². The zero-order valence-electron chi connectivity index (χ0n) is 4.13. The van der Waals surface area contributed by atoms with Crippen molar-refractivity contribution in [1.82, 2.24) is 0 Å². The molecule has 0 fully saturated rings. The first-order valence-corrected chi connectivity index (χ1v) is 1.74. The van der Waals surface area contributed by atoms with E-state index in [1.54, 1.807) is 0 Å². The molecule has 0 radical (unpaired) electrons. The molecule has 0 nitrogen and oxygen atoms in total. The van der Waals surface area contributed by atoms with Crippen LogP contribution in [0, 0.1) is 0 Å². The van der Waals surface area contributed by atoms with E-state index in [1.807, 2.05) is 0 Å². The van der Waals surface area contributed by atoms with Crippen LogP contribution >= 0.6 is 13.5 Å². The molecule has 0 amide bonds. The molecule has 0 N–H and O–H groups in total. The lowest BCUT2D eigenvalue weighted by Gasteiger charge is -1.97. The summed E-state index contributed by atoms with van der Waals surface area (Å²) in [7, 11) is 0. The Morgan fingerprint density at radius 2 is 1.75 bits per heavy atom. The zero-order valence-corrected chi connectivity index (χ0v) is 5.13. The van der Waals surface area contributed by atoms with E-state index >= 15 is 0 Å². The van der Waals surface area contributed by atoms with Gasteiger partial charge in [-0.15, -0.1) is 6.58 Å². The van der Waals surface area contributed by atoms with Gasteiger partial charge >= 0.3 is 6.18 Å². The summed E-state index contributed by atoms with van der Waals surface area (Å²) in [6.45, 7) is 2.93. The highest BCUT2D eigenvalue weighted by molar-refractivity contribution is 7.59. The summed E-state index contributed by atoms with van der Waals surface area (Å²) in [5.41, 5.74) is 0. The summed E-state index contributed by atoms with van der Waals surface area (Å²) in [5, 5.41) is 0. The SMILES string of the molecule is C=CCC(F)(F)F.S. The van der Waals surface area contributed by atoms with Crippen molar-refractivity contribution in [2.75, 3.05) is 0 Å². The molecule has 0 heterocycles. The van der Waals surface area contributed by atoms with Crippen LogP contribution in [0.25, 0.3) is 0 Å². The third-order valence-corrected chi connectivity index (χ3v) is 0.376. The largest absolute Gasteiger partial charge is 0.392 e. The Balaban J connectivity index is 0. The molecule has 0 aromatic carbocycles. The molecule has 0 saturated carbocycles. The summed E-state index contributed by atoms with van der Waals surface area (Å²) in [5.74, 6) is 0. The van der Waals surface area contributed by atoms with Gasteiger partial charge in [-0.1, -0.05) is 6.08 Å². The van der Waals surface area contributed by atoms with Gasteiger partial charge in [-0.3, -0.25) is 0 Å². The Morgan fingerprint density at radius 1 is 1.38 bits per heavy atom. The summed E-state index contributed by atoms with van der Waals surface area (Å²) in [6.07, 6.45) is -4.13. The van der Waals surface area contributed by atoms with Crippen LogP contribution in [-0.4, -0.2) is 6.18 Å². The Labute approximate surface area is 52.8 Å². The fourth-order valence-corrected chi connectivity index (χ4v) is 0.164. The molecule has 0 saturated heterocycles. The van der Waals surface area contributed by atoms with Crippen LogP contribution in [0.4, 0.5) is 13.2 Å². The average Bonchev–Trinajstić information content (AvgIpc) is 1.30. The average molecular weight is 144 g/mol. The van der Waals surface area contributed by atoms with Crippen molar-refractivity contribution in [2.24, 2.45) is 0 Å². The minimum Gasteiger partial charge on any atom is -0.197 e. The van der Waals surface area contributed by atoms with E-state index in [9.17, 15) is 13.2 Å². The lowest BCUT2D eigenvalue weighted by molar-refractivity contribution is -0.124. The van der Waals surface area contributed by atoms with Gasteiger partial charge in [-0.25, -0.2) is 0 Å². The second-order valence-electron chi connectivity index (χ2n) is 1.11. The molecule has 0 unspecified atom stereocenters. The number of hydrogen-bond acceptors (Lipinski definition) is 0. The van der Waals surface area contributed by atoms with Gasteiger partial charge in [0.2, 0.25) is 0 Å². The van der Waals surface area contributed by atoms with Crippen LogP contribution in [-0.2, 0) is 0 Å². The van der Waals surface area contributed by atoms with Crippen molar-refractivity contribution in [3.05, 3.63) is 12.7 Å². The molecule has 0 aliphatic rings. The molecular formula is C4H7F3S. The van der Waals surface area contributed by atoms with Crippen molar-refractivity contribution in [1.29, 1.82) is 0 Å². The van der Waals surface area contributed by atoms with Crippen molar-refractivity contribution >= 4 is 13.5 Å². The highest BCUT2D eigenvalue weighted by atomic mass is 32.1. The molecule has 4 heteroatoms. The number of halogens is 3. The van der Waals surface area contributed by atoms with E-state index in [2.05, 4.69) is 6.58 Å². The smallest absolute Gasteiger partial charge is 0.197 e. The van der Waals surface area contributed by atoms with E-state index < -0.39 is 12.6 Å². The van der Waals surface area contributed by atoms with E-state index in [-0.39, 0.29) is 13.5 Å². The fourth-order valence-electron chi connectivity index (χ4n) is 0.164. The topological polar surface area (TPSA) is 0 Å². The van der Waals surface area contributed by atoms with Crippen molar-refractivity contribution < 1.29 is 13.2 Å². The van der Waals surface area contributed by atoms with Gasteiger partial charge < -0.3 is 0 Å². The monoisotopic (exact) mass is 144 g/mol. The Bertz CT molecular complexity index is 66.2. The summed E-state index contributed by atoms with van der Waals surface area (Å²) < 4.78 is 33.0. The van der Waals surface area contributed by atoms with E-state index in [0.29, 0.717) is 0 Å². The van der Waals surface area contributed by atoms with Gasteiger partial charge in [0.05, 0.1) is 6.42 Å². The first-order valence-electron chi connectivity index (χ1n) is 1.74. The molecule has 0 rings (SSSR count). The third-order valence-electron chi connectivity index (χ3n) is 0.376. The Hall–Kier alpha value is -0.120. The van der Waals surface area contributed by atoms with Gasteiger partial charge in [0.1, 0.15) is 0 Å². The maximum Gasteiger partial charge on any atom is 0.392 e. The molecule has 0 atom stereocenters. The minimum absolute atomic E-state index is 0. The molecule has 0 aromatic rings. The number of rotatable bonds is 1. The highest BCUT2D eigenvalue weighted by Crippen LogP contribution is 2.18. The second-order valence-corrected chi connectivity index (χ2v) is 1.11. The standard InChI is InChI=1S/C4H5F3.H2S/c1-2-3-4(5,6)7;/h2H,1,3H2;1H2. The first-order chi connectivity index (χ1) is 3.06. The van der Waals surface area contributed by atoms with Crippen LogP contribution in [0.1, 0.15) is 6.42 Å². The zero-order chi connectivity index (χ0) is 5.91.